The predicted octanol–water partition coefficient (Wildman–Crippen LogP) is 6.17. The zero-order valence-corrected chi connectivity index (χ0v) is 16.2. The van der Waals surface area contributed by atoms with Crippen molar-refractivity contribution in [1.82, 2.24) is 9.97 Å². The van der Waals surface area contributed by atoms with Crippen molar-refractivity contribution in [2.75, 3.05) is 10.6 Å². The number of nitrogens with zero attached hydrogens (tertiary/aromatic N) is 2. The highest BCUT2D eigenvalue weighted by atomic mass is 15.1. The van der Waals surface area contributed by atoms with Crippen LogP contribution in [0.5, 0.6) is 0 Å². The minimum absolute atomic E-state index is 0.492. The summed E-state index contributed by atoms with van der Waals surface area (Å²) in [6, 6.07) is 1.80. The van der Waals surface area contributed by atoms with E-state index >= 15 is 0 Å². The van der Waals surface area contributed by atoms with Gasteiger partial charge in [0, 0.05) is 17.6 Å². The first-order valence-corrected chi connectivity index (χ1v) is 8.68. The predicted molar refractivity (Wildman–Crippen MR) is 116 cm³/mol. The summed E-state index contributed by atoms with van der Waals surface area (Å²) in [6.07, 6.45) is 20.6. The van der Waals surface area contributed by atoms with E-state index in [-0.39, 0.29) is 0 Å². The number of allylic oxidation sites excluding steroid dienone is 10. The van der Waals surface area contributed by atoms with E-state index in [1.807, 2.05) is 76.3 Å². The molecule has 1 aromatic rings. The fraction of sp³-hybridized carbons (Fsp3) is 0.182. The third-order valence-corrected chi connectivity index (χ3v) is 2.75. The first kappa shape index (κ1) is 22.9. The molecule has 1 aromatic heterocycles. The van der Waals surface area contributed by atoms with Gasteiger partial charge in [-0.15, -0.1) is 0 Å². The molecule has 0 fully saturated rings. The molecule has 1 rings (SSSR count). The maximum absolute atomic E-state index is 4.45. The zero-order valence-electron chi connectivity index (χ0n) is 16.2. The van der Waals surface area contributed by atoms with Crippen LogP contribution in [-0.4, -0.2) is 9.97 Å². The van der Waals surface area contributed by atoms with Gasteiger partial charge in [0.1, 0.15) is 5.82 Å². The van der Waals surface area contributed by atoms with E-state index in [4.69, 9.17) is 0 Å². The van der Waals surface area contributed by atoms with Gasteiger partial charge < -0.3 is 10.6 Å². The molecule has 0 aromatic carbocycles. The van der Waals surface area contributed by atoms with Gasteiger partial charge in [-0.05, 0) is 44.2 Å². The molecule has 2 N–H and O–H groups in total. The second-order valence-corrected chi connectivity index (χ2v) is 4.61. The summed E-state index contributed by atoms with van der Waals surface area (Å²) >= 11 is 0. The third kappa shape index (κ3) is 9.88. The molecule has 0 radical (unpaired) electrons. The monoisotopic (exact) mass is 350 g/mol. The highest BCUT2D eigenvalue weighted by Gasteiger charge is 2.01. The Labute approximate surface area is 158 Å². The maximum Gasteiger partial charge on any atom is 0.229 e. The van der Waals surface area contributed by atoms with E-state index in [9.17, 15) is 0 Å². The van der Waals surface area contributed by atoms with E-state index in [1.54, 1.807) is 24.4 Å². The lowest BCUT2D eigenvalue weighted by molar-refractivity contribution is 1.15. The van der Waals surface area contributed by atoms with Gasteiger partial charge in [-0.3, -0.25) is 0 Å². The van der Waals surface area contributed by atoms with Crippen molar-refractivity contribution < 1.29 is 0 Å². The van der Waals surface area contributed by atoms with Gasteiger partial charge in [0.15, 0.2) is 0 Å². The summed E-state index contributed by atoms with van der Waals surface area (Å²) in [5.74, 6) is 1.17. The van der Waals surface area contributed by atoms with Crippen LogP contribution in [0.1, 0.15) is 27.7 Å². The van der Waals surface area contributed by atoms with Crippen molar-refractivity contribution in [3.05, 3.63) is 97.6 Å². The van der Waals surface area contributed by atoms with Gasteiger partial charge in [0.05, 0.1) is 0 Å². The normalized spacial score (nSPS) is 12.2. The van der Waals surface area contributed by atoms with Crippen LogP contribution in [0.3, 0.4) is 0 Å². The Morgan fingerprint density at radius 1 is 0.962 bits per heavy atom. The summed E-state index contributed by atoms with van der Waals surface area (Å²) in [5, 5.41) is 6.35. The van der Waals surface area contributed by atoms with Gasteiger partial charge in [0.25, 0.3) is 0 Å². The summed E-state index contributed by atoms with van der Waals surface area (Å²) < 4.78 is 0. The molecule has 0 aliphatic carbocycles. The van der Waals surface area contributed by atoms with E-state index in [0.29, 0.717) is 11.8 Å². The van der Waals surface area contributed by atoms with Crippen molar-refractivity contribution >= 4 is 11.8 Å². The van der Waals surface area contributed by atoms with E-state index in [1.165, 1.54) is 0 Å². The highest BCUT2D eigenvalue weighted by Crippen LogP contribution is 2.12. The van der Waals surface area contributed by atoms with Crippen molar-refractivity contribution in [1.29, 1.82) is 0 Å². The topological polar surface area (TPSA) is 49.8 Å². The quantitative estimate of drug-likeness (QED) is 0.522. The number of hydrogen-bond donors (Lipinski definition) is 2. The Kier molecular flexibility index (Phi) is 13.5. The maximum atomic E-state index is 4.45. The second-order valence-electron chi connectivity index (χ2n) is 4.61. The molecule has 4 heteroatoms. The molecule has 0 bridgehead atoms. The molecule has 0 spiro atoms. The average Bonchev–Trinajstić information content (AvgIpc) is 2.67. The van der Waals surface area contributed by atoms with E-state index < -0.39 is 0 Å². The molecule has 4 nitrogen and oxygen atoms in total. The fourth-order valence-electron chi connectivity index (χ4n) is 1.66. The number of aromatic nitrogens is 2. The van der Waals surface area contributed by atoms with Crippen LogP contribution in [0.25, 0.3) is 0 Å². The summed E-state index contributed by atoms with van der Waals surface area (Å²) in [6.45, 7) is 15.4. The molecule has 0 saturated carbocycles. The average molecular weight is 351 g/mol. The van der Waals surface area contributed by atoms with Crippen molar-refractivity contribution in [2.45, 2.75) is 27.7 Å². The molecule has 138 valence electrons. The molecule has 0 saturated heterocycles. The van der Waals surface area contributed by atoms with Crippen molar-refractivity contribution in [2.24, 2.45) is 0 Å². The molecular formula is C22H30N4. The van der Waals surface area contributed by atoms with Crippen LogP contribution in [0, 0.1) is 0 Å². The molecular weight excluding hydrogens is 320 g/mol. The minimum atomic E-state index is 0.492. The molecule has 0 amide bonds. The van der Waals surface area contributed by atoms with Gasteiger partial charge in [-0.1, -0.05) is 63.5 Å². The van der Waals surface area contributed by atoms with E-state index in [2.05, 4.69) is 33.8 Å². The summed E-state index contributed by atoms with van der Waals surface area (Å²) in [4.78, 5) is 8.67. The van der Waals surface area contributed by atoms with Crippen molar-refractivity contribution in [3.63, 3.8) is 0 Å². The van der Waals surface area contributed by atoms with Crippen LogP contribution in [0.15, 0.2) is 97.6 Å². The van der Waals surface area contributed by atoms with Gasteiger partial charge in [-0.25, -0.2) is 4.98 Å². The number of nitrogens with one attached hydrogen (secondary N) is 2. The SMILES string of the molecule is C=C\C=C(/C=C\C=C/C)Nc1ccnc(N/C(C=C)=C/C=C\C)n1.CC. The van der Waals surface area contributed by atoms with Crippen LogP contribution in [-0.2, 0) is 0 Å². The lowest BCUT2D eigenvalue weighted by Gasteiger charge is -2.09. The number of anilines is 2. The highest BCUT2D eigenvalue weighted by molar-refractivity contribution is 5.50. The van der Waals surface area contributed by atoms with Crippen LogP contribution in [0.4, 0.5) is 11.8 Å². The molecule has 0 atom stereocenters. The Hall–Kier alpha value is -3.14. The first-order chi connectivity index (χ1) is 12.7. The third-order valence-electron chi connectivity index (χ3n) is 2.75. The van der Waals surface area contributed by atoms with Crippen LogP contribution in [0.2, 0.25) is 0 Å². The van der Waals surface area contributed by atoms with E-state index in [0.717, 1.165) is 11.4 Å². The fourth-order valence-corrected chi connectivity index (χ4v) is 1.66. The standard InChI is InChI=1S/C20H24N4.C2H6/c1-5-9-11-14-18(12-7-3)22-19-15-16-21-20(24-19)23-17(8-4)13-10-6-2;1-2/h5-16H,3-4H2,1-2H3,(H2,21,22,23,24);1-2H3/b9-5-,10-6-,14-11-,17-13+,18-12+;. The largest absolute Gasteiger partial charge is 0.340 e. The second kappa shape index (κ2) is 15.4. The summed E-state index contributed by atoms with van der Waals surface area (Å²) in [7, 11) is 0. The lowest BCUT2D eigenvalue weighted by Crippen LogP contribution is -2.05. The number of rotatable bonds is 9. The van der Waals surface area contributed by atoms with Gasteiger partial charge in [-0.2, -0.15) is 4.98 Å². The smallest absolute Gasteiger partial charge is 0.229 e. The molecule has 0 aliphatic rings. The molecule has 26 heavy (non-hydrogen) atoms. The van der Waals surface area contributed by atoms with Crippen molar-refractivity contribution in [3.8, 4) is 0 Å². The Morgan fingerprint density at radius 3 is 2.31 bits per heavy atom. The molecule has 0 unspecified atom stereocenters. The minimum Gasteiger partial charge on any atom is -0.340 e. The molecule has 0 aliphatic heterocycles. The zero-order chi connectivity index (χ0) is 19.6. The van der Waals surface area contributed by atoms with Gasteiger partial charge in [0.2, 0.25) is 5.95 Å². The Bertz CT molecular complexity index is 692. The summed E-state index contributed by atoms with van der Waals surface area (Å²) in [5.41, 5.74) is 1.70. The first-order valence-electron chi connectivity index (χ1n) is 8.68. The van der Waals surface area contributed by atoms with Gasteiger partial charge >= 0.3 is 0 Å². The number of hydrogen-bond acceptors (Lipinski definition) is 4. The Morgan fingerprint density at radius 2 is 1.69 bits per heavy atom. The molecule has 1 heterocycles. The van der Waals surface area contributed by atoms with Crippen LogP contribution < -0.4 is 10.6 Å². The van der Waals surface area contributed by atoms with Crippen LogP contribution >= 0.6 is 0 Å². The lowest BCUT2D eigenvalue weighted by atomic mass is 10.3. The Balaban J connectivity index is 0.00000301.